The lowest BCUT2D eigenvalue weighted by Gasteiger charge is -2.07. The van der Waals surface area contributed by atoms with Crippen LogP contribution in [0.15, 0.2) is 42.5 Å². The zero-order chi connectivity index (χ0) is 16.2. The van der Waals surface area contributed by atoms with Crippen molar-refractivity contribution < 1.29 is 14.3 Å². The summed E-state index contributed by atoms with van der Waals surface area (Å²) in [6.07, 6.45) is 0. The fourth-order valence-electron chi connectivity index (χ4n) is 2.27. The number of hydrogen-bond donors (Lipinski definition) is 1. The second kappa shape index (κ2) is 6.76. The predicted octanol–water partition coefficient (Wildman–Crippen LogP) is 3.70. The molecule has 1 amide bonds. The largest absolute Gasteiger partial charge is 0.497 e. The van der Waals surface area contributed by atoms with E-state index in [-0.39, 0.29) is 5.91 Å². The van der Waals surface area contributed by atoms with Crippen LogP contribution in [-0.2, 0) is 11.3 Å². The van der Waals surface area contributed by atoms with Crippen LogP contribution in [0.4, 0.5) is 5.13 Å². The number of carbonyl (C=O) groups excluding carboxylic acids is 1. The Balaban J connectivity index is 1.85. The van der Waals surface area contributed by atoms with Crippen molar-refractivity contribution in [2.45, 2.75) is 6.61 Å². The highest BCUT2D eigenvalue weighted by atomic mass is 32.1. The second-order valence-electron chi connectivity index (χ2n) is 4.90. The van der Waals surface area contributed by atoms with Crippen LogP contribution in [-0.4, -0.2) is 25.1 Å². The molecule has 6 heteroatoms. The number of rotatable bonds is 5. The van der Waals surface area contributed by atoms with E-state index >= 15 is 0 Å². The van der Waals surface area contributed by atoms with Crippen molar-refractivity contribution in [3.05, 3.63) is 53.6 Å². The molecule has 3 rings (SSSR count). The first-order chi connectivity index (χ1) is 11.2. The number of fused-ring (bicyclic) bond motifs is 1. The molecule has 5 nitrogen and oxygen atoms in total. The molecule has 0 saturated carbocycles. The van der Waals surface area contributed by atoms with Crippen LogP contribution in [0.5, 0.6) is 5.75 Å². The summed E-state index contributed by atoms with van der Waals surface area (Å²) in [6.45, 7) is 0.390. The molecule has 0 radical (unpaired) electrons. The smallest absolute Gasteiger partial charge is 0.257 e. The first kappa shape index (κ1) is 15.5. The molecule has 2 aromatic carbocycles. The highest BCUT2D eigenvalue weighted by molar-refractivity contribution is 7.22. The normalized spacial score (nSPS) is 10.7. The van der Waals surface area contributed by atoms with Gasteiger partial charge in [-0.25, -0.2) is 4.98 Å². The van der Waals surface area contributed by atoms with E-state index in [0.717, 1.165) is 21.5 Å². The fourth-order valence-corrected chi connectivity index (χ4v) is 3.16. The summed E-state index contributed by atoms with van der Waals surface area (Å²) in [5.41, 5.74) is 2.26. The summed E-state index contributed by atoms with van der Waals surface area (Å²) >= 11 is 1.41. The van der Waals surface area contributed by atoms with Crippen molar-refractivity contribution in [2.75, 3.05) is 19.5 Å². The first-order valence-corrected chi connectivity index (χ1v) is 7.85. The maximum atomic E-state index is 12.5. The topological polar surface area (TPSA) is 60.5 Å². The average Bonchev–Trinajstić information content (AvgIpc) is 2.96. The lowest BCUT2D eigenvalue weighted by Crippen LogP contribution is -2.14. The maximum absolute atomic E-state index is 12.5. The number of aromatic nitrogens is 1. The fraction of sp³-hybridized carbons (Fsp3) is 0.176. The van der Waals surface area contributed by atoms with E-state index in [0.29, 0.717) is 17.3 Å². The van der Waals surface area contributed by atoms with Crippen LogP contribution in [0.1, 0.15) is 15.9 Å². The quantitative estimate of drug-likeness (QED) is 0.776. The zero-order valence-corrected chi connectivity index (χ0v) is 13.6. The van der Waals surface area contributed by atoms with Gasteiger partial charge in [0.2, 0.25) is 0 Å². The Kier molecular flexibility index (Phi) is 4.55. The average molecular weight is 328 g/mol. The molecule has 3 aromatic rings. The Morgan fingerprint density at radius 3 is 2.83 bits per heavy atom. The molecule has 0 aliphatic carbocycles. The van der Waals surface area contributed by atoms with Crippen molar-refractivity contribution in [1.82, 2.24) is 4.98 Å². The van der Waals surface area contributed by atoms with Crippen molar-refractivity contribution in [3.63, 3.8) is 0 Å². The van der Waals surface area contributed by atoms with Gasteiger partial charge in [-0.3, -0.25) is 10.1 Å². The van der Waals surface area contributed by atoms with Crippen molar-refractivity contribution >= 4 is 32.6 Å². The van der Waals surface area contributed by atoms with Gasteiger partial charge in [0.15, 0.2) is 5.13 Å². The van der Waals surface area contributed by atoms with Gasteiger partial charge in [-0.1, -0.05) is 29.5 Å². The van der Waals surface area contributed by atoms with Gasteiger partial charge in [-0.2, -0.15) is 0 Å². The summed E-state index contributed by atoms with van der Waals surface area (Å²) in [4.78, 5) is 16.9. The van der Waals surface area contributed by atoms with Crippen LogP contribution in [0.3, 0.4) is 0 Å². The highest BCUT2D eigenvalue weighted by Gasteiger charge is 2.13. The number of benzene rings is 2. The molecule has 1 heterocycles. The Morgan fingerprint density at radius 1 is 1.22 bits per heavy atom. The van der Waals surface area contributed by atoms with E-state index in [1.54, 1.807) is 20.3 Å². The molecule has 0 spiro atoms. The van der Waals surface area contributed by atoms with Gasteiger partial charge in [-0.05, 0) is 29.8 Å². The minimum atomic E-state index is -0.191. The second-order valence-corrected chi connectivity index (χ2v) is 5.93. The predicted molar refractivity (Wildman–Crippen MR) is 91.3 cm³/mol. The van der Waals surface area contributed by atoms with Crippen molar-refractivity contribution in [3.8, 4) is 5.75 Å². The summed E-state index contributed by atoms with van der Waals surface area (Å²) in [5.74, 6) is 0.577. The molecule has 118 valence electrons. The summed E-state index contributed by atoms with van der Waals surface area (Å²) in [5, 5.41) is 3.42. The van der Waals surface area contributed by atoms with Gasteiger partial charge in [0.25, 0.3) is 5.91 Å². The van der Waals surface area contributed by atoms with Crippen LogP contribution in [0.25, 0.3) is 10.2 Å². The Bertz CT molecular complexity index is 845. The van der Waals surface area contributed by atoms with Gasteiger partial charge in [0, 0.05) is 12.7 Å². The van der Waals surface area contributed by atoms with Crippen molar-refractivity contribution in [1.29, 1.82) is 0 Å². The molecular formula is C17H16N2O3S. The van der Waals surface area contributed by atoms with Gasteiger partial charge in [0.05, 0.1) is 23.9 Å². The van der Waals surface area contributed by atoms with Crippen LogP contribution >= 0.6 is 11.3 Å². The number of amides is 1. The van der Waals surface area contributed by atoms with E-state index in [1.807, 2.05) is 36.4 Å². The number of anilines is 1. The third kappa shape index (κ3) is 3.33. The monoisotopic (exact) mass is 328 g/mol. The zero-order valence-electron chi connectivity index (χ0n) is 12.8. The number of carbonyl (C=O) groups is 1. The summed E-state index contributed by atoms with van der Waals surface area (Å²) in [6, 6.07) is 13.0. The molecule has 0 fully saturated rings. The van der Waals surface area contributed by atoms with E-state index in [9.17, 15) is 4.79 Å². The Morgan fingerprint density at radius 2 is 2.04 bits per heavy atom. The molecule has 1 aromatic heterocycles. The molecule has 0 saturated heterocycles. The standard InChI is InChI=1S/C17H16N2O3S/c1-21-10-11-5-3-4-6-13(11)16(20)19-17-18-14-8-7-12(22-2)9-15(14)23-17/h3-9H,10H2,1-2H3,(H,18,19,20). The van der Waals surface area contributed by atoms with E-state index in [4.69, 9.17) is 9.47 Å². The minimum absolute atomic E-state index is 0.191. The number of thiazole rings is 1. The number of hydrogen-bond acceptors (Lipinski definition) is 5. The van der Waals surface area contributed by atoms with Gasteiger partial charge in [-0.15, -0.1) is 0 Å². The molecule has 0 aliphatic rings. The van der Waals surface area contributed by atoms with Crippen LogP contribution in [0, 0.1) is 0 Å². The summed E-state index contributed by atoms with van der Waals surface area (Å²) < 4.78 is 11.3. The minimum Gasteiger partial charge on any atom is -0.497 e. The van der Waals surface area contributed by atoms with Crippen molar-refractivity contribution in [2.24, 2.45) is 0 Å². The molecular weight excluding hydrogens is 312 g/mol. The Labute approximate surface area is 137 Å². The summed E-state index contributed by atoms with van der Waals surface area (Å²) in [7, 11) is 3.23. The molecule has 0 unspecified atom stereocenters. The maximum Gasteiger partial charge on any atom is 0.257 e. The number of nitrogens with one attached hydrogen (secondary N) is 1. The molecule has 0 atom stereocenters. The molecule has 1 N–H and O–H groups in total. The van der Waals surface area contributed by atoms with Gasteiger partial charge < -0.3 is 9.47 Å². The van der Waals surface area contributed by atoms with E-state index in [1.165, 1.54) is 11.3 Å². The lowest BCUT2D eigenvalue weighted by molar-refractivity contribution is 0.102. The van der Waals surface area contributed by atoms with E-state index < -0.39 is 0 Å². The van der Waals surface area contributed by atoms with Gasteiger partial charge in [0.1, 0.15) is 5.75 Å². The first-order valence-electron chi connectivity index (χ1n) is 7.04. The number of nitrogens with zero attached hydrogens (tertiary/aromatic N) is 1. The number of methoxy groups -OCH3 is 2. The lowest BCUT2D eigenvalue weighted by atomic mass is 10.1. The highest BCUT2D eigenvalue weighted by Crippen LogP contribution is 2.29. The van der Waals surface area contributed by atoms with E-state index in [2.05, 4.69) is 10.3 Å². The Hall–Kier alpha value is -2.44. The molecule has 23 heavy (non-hydrogen) atoms. The molecule has 0 aliphatic heterocycles. The number of ether oxygens (including phenoxy) is 2. The third-order valence-electron chi connectivity index (χ3n) is 3.38. The van der Waals surface area contributed by atoms with Crippen LogP contribution < -0.4 is 10.1 Å². The SMILES string of the molecule is COCc1ccccc1C(=O)Nc1nc2ccc(OC)cc2s1. The third-order valence-corrected chi connectivity index (χ3v) is 4.31. The van der Waals surface area contributed by atoms with Gasteiger partial charge >= 0.3 is 0 Å². The molecule has 0 bridgehead atoms. The van der Waals surface area contributed by atoms with Crippen LogP contribution in [0.2, 0.25) is 0 Å².